The maximum Gasteiger partial charge on any atom is 0.317 e. The van der Waals surface area contributed by atoms with Crippen LogP contribution in [0.5, 0.6) is 0 Å². The Bertz CT molecular complexity index is 812. The number of hydrogen-bond donors (Lipinski definition) is 5. The topological polar surface area (TPSA) is 188 Å². The van der Waals surface area contributed by atoms with E-state index in [9.17, 15) is 34.2 Å². The van der Waals surface area contributed by atoms with Gasteiger partial charge in [0.15, 0.2) is 0 Å². The molecule has 0 aliphatic carbocycles. The molecule has 0 heterocycles. The number of amides is 1. The Labute approximate surface area is 269 Å². The normalized spacial score (nSPS) is 11.4. The van der Waals surface area contributed by atoms with Crippen LogP contribution in [0.25, 0.3) is 0 Å². The van der Waals surface area contributed by atoms with Gasteiger partial charge in [-0.15, -0.1) is 0 Å². The van der Waals surface area contributed by atoms with E-state index in [1.807, 2.05) is 0 Å². The SMILES string of the molecule is CCCCCCCCCCCCCCCCCCNC(=O)CN(CCN(CCN(CC(=O)O)CC(=O)O)CC(=O)O)CC(=O)O. The van der Waals surface area contributed by atoms with Crippen LogP contribution in [0.4, 0.5) is 0 Å². The van der Waals surface area contributed by atoms with Crippen molar-refractivity contribution in [2.45, 2.75) is 110 Å². The lowest BCUT2D eigenvalue weighted by atomic mass is 10.0. The molecular weight excluding hydrogens is 584 g/mol. The maximum absolute atomic E-state index is 12.5. The van der Waals surface area contributed by atoms with Crippen LogP contribution in [0.15, 0.2) is 0 Å². The van der Waals surface area contributed by atoms with E-state index in [1.165, 1.54) is 98.2 Å². The van der Waals surface area contributed by atoms with Gasteiger partial charge in [0, 0.05) is 32.7 Å². The van der Waals surface area contributed by atoms with E-state index in [1.54, 1.807) is 0 Å². The first kappa shape index (κ1) is 42.2. The van der Waals surface area contributed by atoms with Gasteiger partial charge in [-0.25, -0.2) is 0 Å². The number of nitrogens with zero attached hydrogens (tertiary/aromatic N) is 3. The molecule has 0 fully saturated rings. The Morgan fingerprint density at radius 1 is 0.422 bits per heavy atom. The van der Waals surface area contributed by atoms with Gasteiger partial charge in [-0.05, 0) is 6.42 Å². The second-order valence-corrected chi connectivity index (χ2v) is 11.9. The van der Waals surface area contributed by atoms with Crippen LogP contribution < -0.4 is 5.32 Å². The lowest BCUT2D eigenvalue weighted by Crippen LogP contribution is -2.46. The molecule has 0 radical (unpaired) electrons. The summed E-state index contributed by atoms with van der Waals surface area (Å²) in [5.41, 5.74) is 0. The first-order valence-corrected chi connectivity index (χ1v) is 16.8. The van der Waals surface area contributed by atoms with Gasteiger partial charge in [-0.3, -0.25) is 38.7 Å². The second-order valence-electron chi connectivity index (χ2n) is 11.9. The summed E-state index contributed by atoms with van der Waals surface area (Å²) in [5, 5.41) is 39.4. The van der Waals surface area contributed by atoms with Gasteiger partial charge < -0.3 is 25.7 Å². The van der Waals surface area contributed by atoms with Crippen molar-refractivity contribution in [3.8, 4) is 0 Å². The summed E-state index contributed by atoms with van der Waals surface area (Å²) in [7, 11) is 0. The van der Waals surface area contributed by atoms with E-state index in [0.717, 1.165) is 19.3 Å². The second kappa shape index (κ2) is 28.7. The molecule has 0 aromatic carbocycles. The Morgan fingerprint density at radius 3 is 1.07 bits per heavy atom. The molecule has 0 aliphatic heterocycles. The Hall–Kier alpha value is -2.77. The number of nitrogens with one attached hydrogen (secondary N) is 1. The maximum atomic E-state index is 12.5. The standard InChI is InChI=1S/C32H60N4O9/c1-2-3-4-5-6-7-8-9-10-11-12-13-14-15-16-17-18-33-28(37)23-35(25-30(40)41)21-19-34(24-29(38)39)20-22-36(26-31(42)43)27-32(44)45/h2-27H2,1H3,(H,33,37)(H,38,39)(H,40,41)(H,42,43)(H,44,45). The van der Waals surface area contributed by atoms with E-state index in [4.69, 9.17) is 10.2 Å². The van der Waals surface area contributed by atoms with Crippen LogP contribution in [0, 0.1) is 0 Å². The van der Waals surface area contributed by atoms with Crippen molar-refractivity contribution < 1.29 is 44.4 Å². The van der Waals surface area contributed by atoms with Crippen LogP contribution in [-0.2, 0) is 24.0 Å². The molecule has 1 amide bonds. The van der Waals surface area contributed by atoms with Gasteiger partial charge in [-0.1, -0.05) is 103 Å². The number of carboxylic acid groups (broad SMARTS) is 4. The molecular formula is C32H60N4O9. The summed E-state index contributed by atoms with van der Waals surface area (Å²) in [6, 6.07) is 0. The largest absolute Gasteiger partial charge is 0.480 e. The van der Waals surface area contributed by atoms with Crippen molar-refractivity contribution in [3.63, 3.8) is 0 Å². The number of hydrogen-bond acceptors (Lipinski definition) is 8. The third-order valence-electron chi connectivity index (χ3n) is 7.62. The molecule has 0 aromatic rings. The Morgan fingerprint density at radius 2 is 0.711 bits per heavy atom. The van der Waals surface area contributed by atoms with Gasteiger partial charge in [0.2, 0.25) is 5.91 Å². The average molecular weight is 645 g/mol. The van der Waals surface area contributed by atoms with E-state index in [-0.39, 0.29) is 38.6 Å². The van der Waals surface area contributed by atoms with E-state index >= 15 is 0 Å². The lowest BCUT2D eigenvalue weighted by Gasteiger charge is -2.27. The summed E-state index contributed by atoms with van der Waals surface area (Å²) >= 11 is 0. The first-order valence-electron chi connectivity index (χ1n) is 16.8. The number of unbranched alkanes of at least 4 members (excludes halogenated alkanes) is 15. The van der Waals surface area contributed by atoms with E-state index < -0.39 is 50.1 Å². The molecule has 0 unspecified atom stereocenters. The Balaban J connectivity index is 4.24. The van der Waals surface area contributed by atoms with Crippen LogP contribution in [0.1, 0.15) is 110 Å². The fourth-order valence-corrected chi connectivity index (χ4v) is 5.19. The molecule has 0 aliphatic rings. The smallest absolute Gasteiger partial charge is 0.317 e. The predicted molar refractivity (Wildman–Crippen MR) is 172 cm³/mol. The highest BCUT2D eigenvalue weighted by Crippen LogP contribution is 2.13. The van der Waals surface area contributed by atoms with Crippen LogP contribution in [0.2, 0.25) is 0 Å². The van der Waals surface area contributed by atoms with Crippen molar-refractivity contribution in [3.05, 3.63) is 0 Å². The number of carboxylic acids is 4. The molecule has 5 N–H and O–H groups in total. The number of carbonyl (C=O) groups excluding carboxylic acids is 1. The lowest BCUT2D eigenvalue weighted by molar-refractivity contribution is -0.143. The molecule has 262 valence electrons. The van der Waals surface area contributed by atoms with E-state index in [2.05, 4.69) is 12.2 Å². The molecule has 0 aromatic heterocycles. The average Bonchev–Trinajstić information content (AvgIpc) is 2.94. The summed E-state index contributed by atoms with van der Waals surface area (Å²) in [6.07, 6.45) is 20.2. The van der Waals surface area contributed by atoms with Crippen molar-refractivity contribution in [2.75, 3.05) is 65.4 Å². The first-order chi connectivity index (χ1) is 21.5. The van der Waals surface area contributed by atoms with Gasteiger partial charge >= 0.3 is 23.9 Å². The molecule has 0 bridgehead atoms. The summed E-state index contributed by atoms with van der Waals surface area (Å²) in [4.78, 5) is 61.2. The molecule has 45 heavy (non-hydrogen) atoms. The number of aliphatic carboxylic acids is 4. The fourth-order valence-electron chi connectivity index (χ4n) is 5.19. The Kier molecular flexibility index (Phi) is 26.9. The molecule has 0 spiro atoms. The van der Waals surface area contributed by atoms with Gasteiger partial charge in [0.05, 0.1) is 32.7 Å². The minimum absolute atomic E-state index is 0.00932. The van der Waals surface area contributed by atoms with Gasteiger partial charge in [-0.2, -0.15) is 0 Å². The molecule has 0 atom stereocenters. The van der Waals surface area contributed by atoms with Crippen molar-refractivity contribution in [1.82, 2.24) is 20.0 Å². The van der Waals surface area contributed by atoms with Crippen LogP contribution in [0.3, 0.4) is 0 Å². The molecule has 0 saturated carbocycles. The van der Waals surface area contributed by atoms with Gasteiger partial charge in [0.25, 0.3) is 0 Å². The van der Waals surface area contributed by atoms with Crippen molar-refractivity contribution in [1.29, 1.82) is 0 Å². The summed E-state index contributed by atoms with van der Waals surface area (Å²) < 4.78 is 0. The minimum atomic E-state index is -1.21. The molecule has 0 rings (SSSR count). The predicted octanol–water partition coefficient (Wildman–Crippen LogP) is 3.61. The molecule has 13 heteroatoms. The fraction of sp³-hybridized carbons (Fsp3) is 0.844. The zero-order chi connectivity index (χ0) is 33.7. The minimum Gasteiger partial charge on any atom is -0.480 e. The van der Waals surface area contributed by atoms with E-state index in [0.29, 0.717) is 6.54 Å². The zero-order valence-electron chi connectivity index (χ0n) is 27.6. The molecule has 13 nitrogen and oxygen atoms in total. The monoisotopic (exact) mass is 644 g/mol. The summed E-state index contributed by atoms with van der Waals surface area (Å²) in [5.74, 6) is -4.99. The molecule has 0 saturated heterocycles. The number of rotatable bonds is 33. The summed E-state index contributed by atoms with van der Waals surface area (Å²) in [6.45, 7) is 0.988. The zero-order valence-corrected chi connectivity index (χ0v) is 27.6. The van der Waals surface area contributed by atoms with Crippen molar-refractivity contribution in [2.24, 2.45) is 0 Å². The van der Waals surface area contributed by atoms with Gasteiger partial charge in [0.1, 0.15) is 0 Å². The quantitative estimate of drug-likeness (QED) is 0.0654. The third-order valence-corrected chi connectivity index (χ3v) is 7.62. The van der Waals surface area contributed by atoms with Crippen molar-refractivity contribution >= 4 is 29.8 Å². The van der Waals surface area contributed by atoms with Crippen LogP contribution in [-0.4, -0.2) is 130 Å². The highest BCUT2D eigenvalue weighted by molar-refractivity contribution is 5.79. The highest BCUT2D eigenvalue weighted by atomic mass is 16.4. The van der Waals surface area contributed by atoms with Crippen LogP contribution >= 0.6 is 0 Å². The number of carbonyl (C=O) groups is 5. The highest BCUT2D eigenvalue weighted by Gasteiger charge is 2.19. The third kappa shape index (κ3) is 29.7.